The van der Waals surface area contributed by atoms with Crippen LogP contribution in [0.25, 0.3) is 0 Å². The second-order valence-electron chi connectivity index (χ2n) is 4.07. The van der Waals surface area contributed by atoms with Crippen LogP contribution in [0.2, 0.25) is 0 Å². The molecule has 0 unspecified atom stereocenters. The average Bonchev–Trinajstić information content (AvgIpc) is 2.87. The van der Waals surface area contributed by atoms with Gasteiger partial charge >= 0.3 is 0 Å². The Balaban J connectivity index is 1.71. The maximum Gasteiger partial charge on any atom is 0.220 e. The van der Waals surface area contributed by atoms with Gasteiger partial charge in [0.05, 0.1) is 17.2 Å². The van der Waals surface area contributed by atoms with E-state index < -0.39 is 0 Å². The number of nitrogens with one attached hydrogen (secondary N) is 1. The summed E-state index contributed by atoms with van der Waals surface area (Å²) in [5, 5.41) is 5.90. The molecule has 5 heteroatoms. The number of nitrogens with zero attached hydrogens (tertiary/aromatic N) is 1. The van der Waals surface area contributed by atoms with Gasteiger partial charge in [-0.1, -0.05) is 0 Å². The van der Waals surface area contributed by atoms with Crippen molar-refractivity contribution in [3.8, 4) is 0 Å². The summed E-state index contributed by atoms with van der Waals surface area (Å²) in [6.45, 7) is 4.02. The van der Waals surface area contributed by atoms with Crippen molar-refractivity contribution in [1.29, 1.82) is 0 Å². The van der Waals surface area contributed by atoms with E-state index in [1.165, 1.54) is 0 Å². The molecule has 4 nitrogen and oxygen atoms in total. The normalized spacial score (nSPS) is 19.9. The molecular formula is C11H16N2O2S. The van der Waals surface area contributed by atoms with Crippen LogP contribution in [0, 0.1) is 12.8 Å². The molecule has 1 aliphatic heterocycles. The van der Waals surface area contributed by atoms with E-state index in [-0.39, 0.29) is 5.91 Å². The Labute approximate surface area is 99.0 Å². The molecule has 1 aromatic heterocycles. The third-order valence-corrected chi connectivity index (χ3v) is 3.45. The lowest BCUT2D eigenvalue weighted by Gasteiger charge is -2.07. The number of hydrogen-bond acceptors (Lipinski definition) is 4. The van der Waals surface area contributed by atoms with Gasteiger partial charge in [-0.2, -0.15) is 0 Å². The van der Waals surface area contributed by atoms with Crippen LogP contribution in [-0.2, 0) is 16.1 Å². The van der Waals surface area contributed by atoms with Gasteiger partial charge in [0.1, 0.15) is 0 Å². The molecule has 1 aromatic rings. The van der Waals surface area contributed by atoms with Gasteiger partial charge < -0.3 is 10.1 Å². The van der Waals surface area contributed by atoms with E-state index in [9.17, 15) is 4.79 Å². The Kier molecular flexibility index (Phi) is 3.90. The molecule has 2 rings (SSSR count). The van der Waals surface area contributed by atoms with Crippen LogP contribution in [0.1, 0.15) is 23.5 Å². The second-order valence-corrected chi connectivity index (χ2v) is 5.13. The lowest BCUT2D eigenvalue weighted by atomic mass is 10.1. The first kappa shape index (κ1) is 11.5. The Morgan fingerprint density at radius 1 is 1.75 bits per heavy atom. The van der Waals surface area contributed by atoms with Gasteiger partial charge in [-0.05, 0) is 19.3 Å². The zero-order chi connectivity index (χ0) is 11.4. The maximum absolute atomic E-state index is 11.6. The minimum Gasteiger partial charge on any atom is -0.381 e. The summed E-state index contributed by atoms with van der Waals surface area (Å²) in [6.07, 6.45) is 1.58. The highest BCUT2D eigenvalue weighted by molar-refractivity contribution is 7.09. The number of rotatable bonds is 4. The van der Waals surface area contributed by atoms with E-state index in [0.29, 0.717) is 18.9 Å². The van der Waals surface area contributed by atoms with E-state index >= 15 is 0 Å². The Morgan fingerprint density at radius 3 is 3.25 bits per heavy atom. The Morgan fingerprint density at radius 2 is 2.62 bits per heavy atom. The Hall–Kier alpha value is -0.940. The number of thiazole rings is 1. The molecule has 0 aliphatic carbocycles. The average molecular weight is 240 g/mol. The summed E-state index contributed by atoms with van der Waals surface area (Å²) in [5.74, 6) is 0.498. The fraction of sp³-hybridized carbons (Fsp3) is 0.636. The molecule has 0 saturated carbocycles. The first-order chi connectivity index (χ1) is 7.74. The van der Waals surface area contributed by atoms with Crippen molar-refractivity contribution in [2.75, 3.05) is 13.2 Å². The number of aryl methyl sites for hydroxylation is 1. The highest BCUT2D eigenvalue weighted by atomic mass is 32.1. The molecule has 0 bridgehead atoms. The predicted octanol–water partition coefficient (Wildman–Crippen LogP) is 1.49. The zero-order valence-electron chi connectivity index (χ0n) is 9.36. The smallest absolute Gasteiger partial charge is 0.220 e. The summed E-state index contributed by atoms with van der Waals surface area (Å²) in [6, 6.07) is 0. The number of aromatic nitrogens is 1. The number of amides is 1. The SMILES string of the molecule is Cc1nc(CNC(=O)C[C@H]2CCOC2)cs1. The first-order valence-electron chi connectivity index (χ1n) is 5.49. The largest absolute Gasteiger partial charge is 0.381 e. The van der Waals surface area contributed by atoms with Crippen LogP contribution in [0.4, 0.5) is 0 Å². The van der Waals surface area contributed by atoms with Gasteiger partial charge in [0.15, 0.2) is 0 Å². The molecule has 1 N–H and O–H groups in total. The number of carbonyl (C=O) groups excluding carboxylic acids is 1. The highest BCUT2D eigenvalue weighted by Crippen LogP contribution is 2.16. The van der Waals surface area contributed by atoms with Crippen LogP contribution < -0.4 is 5.32 Å². The van der Waals surface area contributed by atoms with Crippen molar-refractivity contribution in [3.63, 3.8) is 0 Å². The van der Waals surface area contributed by atoms with Gasteiger partial charge in [0, 0.05) is 25.0 Å². The lowest BCUT2D eigenvalue weighted by Crippen LogP contribution is -2.25. The van der Waals surface area contributed by atoms with E-state index in [0.717, 1.165) is 30.3 Å². The molecule has 0 radical (unpaired) electrons. The standard InChI is InChI=1S/C11H16N2O2S/c1-8-13-10(7-16-8)5-12-11(14)4-9-2-3-15-6-9/h7,9H,2-6H2,1H3,(H,12,14)/t9-/m1/s1. The molecule has 1 aliphatic rings. The van der Waals surface area contributed by atoms with Gasteiger partial charge in [-0.3, -0.25) is 4.79 Å². The van der Waals surface area contributed by atoms with Crippen molar-refractivity contribution < 1.29 is 9.53 Å². The van der Waals surface area contributed by atoms with E-state index in [4.69, 9.17) is 4.74 Å². The number of carbonyl (C=O) groups is 1. The third-order valence-electron chi connectivity index (χ3n) is 2.63. The van der Waals surface area contributed by atoms with Gasteiger partial charge in [-0.25, -0.2) is 4.98 Å². The maximum atomic E-state index is 11.6. The molecule has 16 heavy (non-hydrogen) atoms. The summed E-state index contributed by atoms with van der Waals surface area (Å²) < 4.78 is 5.23. The summed E-state index contributed by atoms with van der Waals surface area (Å²) in [5.41, 5.74) is 0.943. The predicted molar refractivity (Wildman–Crippen MR) is 62.2 cm³/mol. The first-order valence-corrected chi connectivity index (χ1v) is 6.37. The molecule has 0 aromatic carbocycles. The second kappa shape index (κ2) is 5.41. The minimum atomic E-state index is 0.0983. The highest BCUT2D eigenvalue weighted by Gasteiger charge is 2.18. The molecule has 1 fully saturated rings. The molecule has 1 atom stereocenters. The van der Waals surface area contributed by atoms with Gasteiger partial charge in [-0.15, -0.1) is 11.3 Å². The van der Waals surface area contributed by atoms with Crippen molar-refractivity contribution in [2.45, 2.75) is 26.3 Å². The van der Waals surface area contributed by atoms with Gasteiger partial charge in [0.25, 0.3) is 0 Å². The van der Waals surface area contributed by atoms with Gasteiger partial charge in [0.2, 0.25) is 5.91 Å². The summed E-state index contributed by atoms with van der Waals surface area (Å²) in [4.78, 5) is 15.9. The van der Waals surface area contributed by atoms with Crippen LogP contribution >= 0.6 is 11.3 Å². The monoisotopic (exact) mass is 240 g/mol. The Bertz CT molecular complexity index is 359. The lowest BCUT2D eigenvalue weighted by molar-refractivity contribution is -0.122. The van der Waals surface area contributed by atoms with Crippen molar-refractivity contribution >= 4 is 17.2 Å². The summed E-state index contributed by atoms with van der Waals surface area (Å²) >= 11 is 1.61. The fourth-order valence-electron chi connectivity index (χ4n) is 1.76. The van der Waals surface area contributed by atoms with Crippen molar-refractivity contribution in [1.82, 2.24) is 10.3 Å². The molecule has 88 valence electrons. The van der Waals surface area contributed by atoms with Crippen LogP contribution in [0.3, 0.4) is 0 Å². The van der Waals surface area contributed by atoms with Crippen LogP contribution in [0.5, 0.6) is 0 Å². The van der Waals surface area contributed by atoms with Crippen molar-refractivity contribution in [2.24, 2.45) is 5.92 Å². The molecule has 2 heterocycles. The molecule has 1 saturated heterocycles. The van der Waals surface area contributed by atoms with E-state index in [2.05, 4.69) is 10.3 Å². The number of hydrogen-bond donors (Lipinski definition) is 1. The van der Waals surface area contributed by atoms with E-state index in [1.54, 1.807) is 11.3 Å². The molecule has 1 amide bonds. The van der Waals surface area contributed by atoms with Crippen LogP contribution in [-0.4, -0.2) is 24.1 Å². The summed E-state index contributed by atoms with van der Waals surface area (Å²) in [7, 11) is 0. The quantitative estimate of drug-likeness (QED) is 0.867. The zero-order valence-corrected chi connectivity index (χ0v) is 10.2. The topological polar surface area (TPSA) is 51.2 Å². The number of ether oxygens (including phenoxy) is 1. The van der Waals surface area contributed by atoms with E-state index in [1.807, 2.05) is 12.3 Å². The van der Waals surface area contributed by atoms with Crippen LogP contribution in [0.15, 0.2) is 5.38 Å². The third kappa shape index (κ3) is 3.28. The molecular weight excluding hydrogens is 224 g/mol. The molecule has 0 spiro atoms. The fourth-order valence-corrected chi connectivity index (χ4v) is 2.37. The minimum absolute atomic E-state index is 0.0983. The van der Waals surface area contributed by atoms with Crippen molar-refractivity contribution in [3.05, 3.63) is 16.1 Å².